The molecule has 0 saturated heterocycles. The number of nitrogens with one attached hydrogen (secondary N) is 1. The standard InChI is InChI=1S/C14H15N3OS/c1-9-2-3-11(8-12(9)15-6-7-18)14-16-13(17-19-14)10-4-5-10/h2-3,7-8,10,15H,4-6H2,1H3. The fourth-order valence-electron chi connectivity index (χ4n) is 1.96. The van der Waals surface area contributed by atoms with Crippen molar-refractivity contribution in [2.24, 2.45) is 0 Å². The Bertz CT molecular complexity index is 604. The van der Waals surface area contributed by atoms with Crippen LogP contribution in [0.25, 0.3) is 10.6 Å². The highest BCUT2D eigenvalue weighted by molar-refractivity contribution is 7.09. The second-order valence-electron chi connectivity index (χ2n) is 4.81. The number of anilines is 1. The van der Waals surface area contributed by atoms with E-state index in [1.54, 1.807) is 0 Å². The number of carbonyl (C=O) groups is 1. The van der Waals surface area contributed by atoms with Gasteiger partial charge in [-0.3, -0.25) is 0 Å². The van der Waals surface area contributed by atoms with Crippen LogP contribution in [0.2, 0.25) is 0 Å². The molecule has 4 nitrogen and oxygen atoms in total. The Kier molecular flexibility index (Phi) is 3.29. The smallest absolute Gasteiger partial charge is 0.146 e. The lowest BCUT2D eigenvalue weighted by Gasteiger charge is -2.08. The summed E-state index contributed by atoms with van der Waals surface area (Å²) >= 11 is 1.45. The van der Waals surface area contributed by atoms with Crippen molar-refractivity contribution in [1.29, 1.82) is 0 Å². The second kappa shape index (κ2) is 5.09. The van der Waals surface area contributed by atoms with Crippen LogP contribution in [0.15, 0.2) is 18.2 Å². The summed E-state index contributed by atoms with van der Waals surface area (Å²) in [5.74, 6) is 1.58. The molecule has 0 atom stereocenters. The van der Waals surface area contributed by atoms with Crippen molar-refractivity contribution in [2.45, 2.75) is 25.7 Å². The molecule has 0 bridgehead atoms. The molecule has 1 aromatic heterocycles. The van der Waals surface area contributed by atoms with Gasteiger partial charge in [0.25, 0.3) is 0 Å². The highest BCUT2D eigenvalue weighted by Gasteiger charge is 2.27. The molecule has 1 N–H and O–H groups in total. The summed E-state index contributed by atoms with van der Waals surface area (Å²) < 4.78 is 4.42. The van der Waals surface area contributed by atoms with Gasteiger partial charge in [0.2, 0.25) is 0 Å². The lowest BCUT2D eigenvalue weighted by Crippen LogP contribution is -2.03. The Morgan fingerprint density at radius 1 is 1.47 bits per heavy atom. The van der Waals surface area contributed by atoms with Crippen molar-refractivity contribution in [3.63, 3.8) is 0 Å². The Morgan fingerprint density at radius 2 is 2.32 bits per heavy atom. The molecular formula is C14H15N3OS. The van der Waals surface area contributed by atoms with Crippen molar-refractivity contribution < 1.29 is 4.79 Å². The topological polar surface area (TPSA) is 54.9 Å². The summed E-state index contributed by atoms with van der Waals surface area (Å²) in [5, 5.41) is 4.06. The lowest BCUT2D eigenvalue weighted by atomic mass is 10.1. The summed E-state index contributed by atoms with van der Waals surface area (Å²) in [6, 6.07) is 6.13. The molecule has 1 aliphatic rings. The maximum atomic E-state index is 10.4. The minimum Gasteiger partial charge on any atom is -0.378 e. The zero-order valence-electron chi connectivity index (χ0n) is 10.7. The van der Waals surface area contributed by atoms with Crippen LogP contribution in [0.1, 0.15) is 30.1 Å². The molecule has 0 amide bonds. The van der Waals surface area contributed by atoms with Gasteiger partial charge in [-0.1, -0.05) is 12.1 Å². The summed E-state index contributed by atoms with van der Waals surface area (Å²) in [6.45, 7) is 2.35. The Balaban J connectivity index is 1.88. The molecule has 0 radical (unpaired) electrons. The van der Waals surface area contributed by atoms with E-state index >= 15 is 0 Å². The quantitative estimate of drug-likeness (QED) is 0.851. The van der Waals surface area contributed by atoms with E-state index in [4.69, 9.17) is 0 Å². The minimum atomic E-state index is 0.327. The summed E-state index contributed by atoms with van der Waals surface area (Å²) in [7, 11) is 0. The van der Waals surface area contributed by atoms with Crippen LogP contribution in [0.5, 0.6) is 0 Å². The van der Waals surface area contributed by atoms with E-state index in [1.165, 1.54) is 24.4 Å². The lowest BCUT2D eigenvalue weighted by molar-refractivity contribution is -0.106. The Hall–Kier alpha value is -1.75. The van der Waals surface area contributed by atoms with E-state index in [1.807, 2.05) is 19.1 Å². The molecule has 1 fully saturated rings. The van der Waals surface area contributed by atoms with Gasteiger partial charge in [-0.2, -0.15) is 4.37 Å². The number of carbonyl (C=O) groups excluding carboxylic acids is 1. The number of aromatic nitrogens is 2. The Labute approximate surface area is 116 Å². The monoisotopic (exact) mass is 273 g/mol. The van der Waals surface area contributed by atoms with E-state index in [0.29, 0.717) is 12.5 Å². The zero-order chi connectivity index (χ0) is 13.2. The molecule has 3 rings (SSSR count). The largest absolute Gasteiger partial charge is 0.378 e. The highest BCUT2D eigenvalue weighted by Crippen LogP contribution is 2.40. The molecule has 1 aromatic carbocycles. The van der Waals surface area contributed by atoms with Gasteiger partial charge in [-0.25, -0.2) is 4.98 Å². The number of aryl methyl sites for hydroxylation is 1. The zero-order valence-corrected chi connectivity index (χ0v) is 11.5. The fourth-order valence-corrected chi connectivity index (χ4v) is 2.69. The van der Waals surface area contributed by atoms with Crippen LogP contribution in [0.4, 0.5) is 5.69 Å². The third-order valence-corrected chi connectivity index (χ3v) is 4.02. The van der Waals surface area contributed by atoms with Crippen molar-refractivity contribution in [1.82, 2.24) is 9.36 Å². The van der Waals surface area contributed by atoms with Crippen molar-refractivity contribution in [3.8, 4) is 10.6 Å². The van der Waals surface area contributed by atoms with E-state index in [-0.39, 0.29) is 0 Å². The van der Waals surface area contributed by atoms with Gasteiger partial charge >= 0.3 is 0 Å². The van der Waals surface area contributed by atoms with Gasteiger partial charge in [-0.05, 0) is 42.9 Å². The molecule has 0 aliphatic heterocycles. The first-order valence-electron chi connectivity index (χ1n) is 6.40. The van der Waals surface area contributed by atoms with Crippen LogP contribution in [0.3, 0.4) is 0 Å². The van der Waals surface area contributed by atoms with Crippen LogP contribution >= 0.6 is 11.5 Å². The summed E-state index contributed by atoms with van der Waals surface area (Å²) in [6.07, 6.45) is 3.30. The van der Waals surface area contributed by atoms with Crippen molar-refractivity contribution in [3.05, 3.63) is 29.6 Å². The average molecular weight is 273 g/mol. The van der Waals surface area contributed by atoms with E-state index < -0.39 is 0 Å². The number of hydrogen-bond donors (Lipinski definition) is 1. The predicted octanol–water partition coefficient (Wildman–Crippen LogP) is 3.00. The molecule has 1 saturated carbocycles. The molecule has 98 valence electrons. The fraction of sp³-hybridized carbons (Fsp3) is 0.357. The minimum absolute atomic E-state index is 0.327. The Morgan fingerprint density at radius 3 is 3.05 bits per heavy atom. The number of benzene rings is 1. The molecule has 0 spiro atoms. The average Bonchev–Trinajstić information content (AvgIpc) is 3.16. The molecule has 2 aromatic rings. The number of aldehydes is 1. The number of rotatable bonds is 5. The van der Waals surface area contributed by atoms with Crippen molar-refractivity contribution in [2.75, 3.05) is 11.9 Å². The first kappa shape index (κ1) is 12.3. The third-order valence-electron chi connectivity index (χ3n) is 3.24. The second-order valence-corrected chi connectivity index (χ2v) is 5.56. The van der Waals surface area contributed by atoms with Gasteiger partial charge in [0.1, 0.15) is 17.1 Å². The van der Waals surface area contributed by atoms with Gasteiger partial charge < -0.3 is 10.1 Å². The number of nitrogens with zero attached hydrogens (tertiary/aromatic N) is 2. The first-order valence-corrected chi connectivity index (χ1v) is 7.17. The first-order chi connectivity index (χ1) is 9.28. The van der Waals surface area contributed by atoms with Crippen molar-refractivity contribution >= 4 is 23.5 Å². The maximum absolute atomic E-state index is 10.4. The van der Waals surface area contributed by atoms with Gasteiger partial charge in [0.05, 0.1) is 6.54 Å². The van der Waals surface area contributed by atoms with Crippen LogP contribution in [-0.4, -0.2) is 22.2 Å². The molecular weight excluding hydrogens is 258 g/mol. The SMILES string of the molecule is Cc1ccc(-c2nc(C3CC3)ns2)cc1NCC=O. The predicted molar refractivity (Wildman–Crippen MR) is 76.6 cm³/mol. The normalized spacial score (nSPS) is 14.4. The molecule has 1 aliphatic carbocycles. The summed E-state index contributed by atoms with van der Waals surface area (Å²) in [5.41, 5.74) is 3.16. The number of hydrogen-bond acceptors (Lipinski definition) is 5. The van der Waals surface area contributed by atoms with E-state index in [0.717, 1.165) is 33.9 Å². The highest BCUT2D eigenvalue weighted by atomic mass is 32.1. The maximum Gasteiger partial charge on any atom is 0.146 e. The van der Waals surface area contributed by atoms with Crippen LogP contribution in [-0.2, 0) is 4.79 Å². The molecule has 5 heteroatoms. The van der Waals surface area contributed by atoms with Crippen LogP contribution < -0.4 is 5.32 Å². The van der Waals surface area contributed by atoms with E-state index in [2.05, 4.69) is 20.7 Å². The van der Waals surface area contributed by atoms with E-state index in [9.17, 15) is 4.79 Å². The molecule has 1 heterocycles. The van der Waals surface area contributed by atoms with Gasteiger partial charge in [0, 0.05) is 17.2 Å². The summed E-state index contributed by atoms with van der Waals surface area (Å²) in [4.78, 5) is 15.1. The van der Waals surface area contributed by atoms with Gasteiger partial charge in [0.15, 0.2) is 0 Å². The van der Waals surface area contributed by atoms with Gasteiger partial charge in [-0.15, -0.1) is 0 Å². The van der Waals surface area contributed by atoms with Crippen LogP contribution in [0, 0.1) is 6.92 Å². The molecule has 0 unspecified atom stereocenters. The molecule has 19 heavy (non-hydrogen) atoms. The third kappa shape index (κ3) is 2.66.